The Labute approximate surface area is 126 Å². The number of benzene rings is 1. The predicted octanol–water partition coefficient (Wildman–Crippen LogP) is 1.79. The molecule has 5 nitrogen and oxygen atoms in total. The lowest BCUT2D eigenvalue weighted by Crippen LogP contribution is -2.40. The second-order valence-corrected chi connectivity index (χ2v) is 7.45. The minimum Gasteiger partial charge on any atom is -0.496 e. The largest absolute Gasteiger partial charge is 0.496 e. The summed E-state index contributed by atoms with van der Waals surface area (Å²) in [6.07, 6.45) is 2.49. The van der Waals surface area contributed by atoms with Gasteiger partial charge in [0.15, 0.2) is 0 Å². The average Bonchev–Trinajstić information content (AvgIpc) is 2.48. The second-order valence-electron chi connectivity index (χ2n) is 5.52. The van der Waals surface area contributed by atoms with Gasteiger partial charge in [-0.2, -0.15) is 4.31 Å². The third-order valence-electron chi connectivity index (χ3n) is 4.02. The first-order valence-corrected chi connectivity index (χ1v) is 8.68. The molecule has 1 aromatic carbocycles. The van der Waals surface area contributed by atoms with Gasteiger partial charge in [-0.1, -0.05) is 0 Å². The van der Waals surface area contributed by atoms with Gasteiger partial charge in [-0.05, 0) is 55.9 Å². The maximum absolute atomic E-state index is 12.7. The third kappa shape index (κ3) is 3.56. The molecule has 2 rings (SSSR count). The lowest BCUT2D eigenvalue weighted by Gasteiger charge is -2.31. The molecular weight excluding hydrogens is 290 g/mol. The molecule has 0 aliphatic carbocycles. The highest BCUT2D eigenvalue weighted by Crippen LogP contribution is 2.27. The molecule has 1 aliphatic heterocycles. The number of sulfonamides is 1. The molecule has 1 atom stereocenters. The van der Waals surface area contributed by atoms with Crippen LogP contribution in [0.2, 0.25) is 0 Å². The Bertz CT molecular complexity index is 583. The summed E-state index contributed by atoms with van der Waals surface area (Å²) in [4.78, 5) is 0.311. The molecule has 6 heteroatoms. The molecule has 1 unspecified atom stereocenters. The molecule has 1 N–H and O–H groups in total. The van der Waals surface area contributed by atoms with Crippen molar-refractivity contribution in [1.82, 2.24) is 4.31 Å². The Morgan fingerprint density at radius 3 is 2.81 bits per heavy atom. The van der Waals surface area contributed by atoms with Crippen LogP contribution in [0.5, 0.6) is 5.75 Å². The van der Waals surface area contributed by atoms with Crippen molar-refractivity contribution in [2.75, 3.05) is 26.8 Å². The van der Waals surface area contributed by atoms with Gasteiger partial charge >= 0.3 is 0 Å². The van der Waals surface area contributed by atoms with Gasteiger partial charge < -0.3 is 9.84 Å². The summed E-state index contributed by atoms with van der Waals surface area (Å²) in [5, 5.41) is 9.04. The zero-order valence-electron chi connectivity index (χ0n) is 12.6. The van der Waals surface area contributed by atoms with E-state index in [0.717, 1.165) is 18.4 Å². The van der Waals surface area contributed by atoms with E-state index < -0.39 is 10.0 Å². The molecular formula is C15H23NO4S. The van der Waals surface area contributed by atoms with Gasteiger partial charge in [-0.25, -0.2) is 8.42 Å². The van der Waals surface area contributed by atoms with E-state index >= 15 is 0 Å². The fourth-order valence-corrected chi connectivity index (χ4v) is 4.46. The van der Waals surface area contributed by atoms with Crippen molar-refractivity contribution >= 4 is 10.0 Å². The van der Waals surface area contributed by atoms with E-state index in [-0.39, 0.29) is 12.5 Å². The van der Waals surface area contributed by atoms with Crippen molar-refractivity contribution in [2.45, 2.75) is 31.1 Å². The first-order valence-electron chi connectivity index (χ1n) is 7.24. The van der Waals surface area contributed by atoms with Gasteiger partial charge in [0.05, 0.1) is 12.0 Å². The molecule has 0 aromatic heterocycles. The molecule has 0 bridgehead atoms. The van der Waals surface area contributed by atoms with Crippen molar-refractivity contribution in [3.05, 3.63) is 23.8 Å². The van der Waals surface area contributed by atoms with E-state index in [4.69, 9.17) is 9.84 Å². The normalized spacial score (nSPS) is 20.4. The summed E-state index contributed by atoms with van der Waals surface area (Å²) in [6, 6.07) is 4.94. The van der Waals surface area contributed by atoms with Crippen LogP contribution in [-0.4, -0.2) is 44.6 Å². The summed E-state index contributed by atoms with van der Waals surface area (Å²) >= 11 is 0. The summed E-state index contributed by atoms with van der Waals surface area (Å²) in [7, 11) is -1.89. The number of hydrogen-bond donors (Lipinski definition) is 1. The Morgan fingerprint density at radius 2 is 2.19 bits per heavy atom. The van der Waals surface area contributed by atoms with Gasteiger partial charge in [-0.3, -0.25) is 0 Å². The first-order chi connectivity index (χ1) is 9.98. The van der Waals surface area contributed by atoms with E-state index in [1.165, 1.54) is 4.31 Å². The van der Waals surface area contributed by atoms with Crippen LogP contribution in [-0.2, 0) is 10.0 Å². The van der Waals surface area contributed by atoms with E-state index in [9.17, 15) is 8.42 Å². The maximum atomic E-state index is 12.7. The van der Waals surface area contributed by atoms with Crippen LogP contribution in [0.15, 0.2) is 23.1 Å². The number of aliphatic hydroxyl groups is 1. The number of methoxy groups -OCH3 is 1. The fraction of sp³-hybridized carbons (Fsp3) is 0.600. The van der Waals surface area contributed by atoms with Crippen molar-refractivity contribution in [2.24, 2.45) is 5.92 Å². The number of ether oxygens (including phenoxy) is 1. The highest BCUT2D eigenvalue weighted by atomic mass is 32.2. The minimum atomic E-state index is -3.46. The molecule has 1 heterocycles. The molecule has 0 saturated carbocycles. The van der Waals surface area contributed by atoms with E-state index in [1.54, 1.807) is 25.3 Å². The number of hydrogen-bond acceptors (Lipinski definition) is 4. The number of rotatable bonds is 5. The van der Waals surface area contributed by atoms with Crippen LogP contribution < -0.4 is 4.74 Å². The monoisotopic (exact) mass is 313 g/mol. The molecule has 0 amide bonds. The molecule has 1 aliphatic rings. The Hall–Kier alpha value is -1.11. The van der Waals surface area contributed by atoms with Crippen molar-refractivity contribution < 1.29 is 18.3 Å². The van der Waals surface area contributed by atoms with Crippen molar-refractivity contribution in [3.8, 4) is 5.75 Å². The van der Waals surface area contributed by atoms with Gasteiger partial charge in [0.2, 0.25) is 10.0 Å². The van der Waals surface area contributed by atoms with Crippen LogP contribution in [0.25, 0.3) is 0 Å². The summed E-state index contributed by atoms with van der Waals surface area (Å²) < 4.78 is 32.1. The lowest BCUT2D eigenvalue weighted by molar-refractivity contribution is 0.203. The van der Waals surface area contributed by atoms with E-state index in [2.05, 4.69) is 0 Å². The number of piperidine rings is 1. The van der Waals surface area contributed by atoms with Crippen LogP contribution >= 0.6 is 0 Å². The van der Waals surface area contributed by atoms with Crippen LogP contribution in [0.3, 0.4) is 0 Å². The average molecular weight is 313 g/mol. The smallest absolute Gasteiger partial charge is 0.243 e. The molecule has 1 saturated heterocycles. The molecule has 0 radical (unpaired) electrons. The Balaban J connectivity index is 2.23. The standard InChI is InChI=1S/C15H23NO4S/c1-12-10-14(5-6-15(12)20-2)21(18,19)16-8-3-4-13(11-16)7-9-17/h5-6,10,13,17H,3-4,7-9,11H2,1-2H3. The Kier molecular flexibility index (Phi) is 5.24. The van der Waals surface area contributed by atoms with Gasteiger partial charge in [0.1, 0.15) is 5.75 Å². The lowest BCUT2D eigenvalue weighted by atomic mass is 9.97. The fourth-order valence-electron chi connectivity index (χ4n) is 2.82. The van der Waals surface area contributed by atoms with Crippen LogP contribution in [0, 0.1) is 12.8 Å². The third-order valence-corrected chi connectivity index (χ3v) is 5.88. The topological polar surface area (TPSA) is 66.8 Å². The van der Waals surface area contributed by atoms with Gasteiger partial charge in [0, 0.05) is 19.7 Å². The highest BCUT2D eigenvalue weighted by Gasteiger charge is 2.30. The summed E-state index contributed by atoms with van der Waals surface area (Å²) in [5.41, 5.74) is 0.808. The Morgan fingerprint density at radius 1 is 1.43 bits per heavy atom. The molecule has 118 valence electrons. The van der Waals surface area contributed by atoms with Crippen LogP contribution in [0.4, 0.5) is 0 Å². The van der Waals surface area contributed by atoms with Gasteiger partial charge in [-0.15, -0.1) is 0 Å². The molecule has 21 heavy (non-hydrogen) atoms. The highest BCUT2D eigenvalue weighted by molar-refractivity contribution is 7.89. The zero-order valence-corrected chi connectivity index (χ0v) is 13.4. The second kappa shape index (κ2) is 6.77. The molecule has 1 fully saturated rings. The zero-order chi connectivity index (χ0) is 15.5. The van der Waals surface area contributed by atoms with Crippen molar-refractivity contribution in [3.63, 3.8) is 0 Å². The van der Waals surface area contributed by atoms with E-state index in [0.29, 0.717) is 30.2 Å². The quantitative estimate of drug-likeness (QED) is 0.900. The number of nitrogens with zero attached hydrogens (tertiary/aromatic N) is 1. The van der Waals surface area contributed by atoms with Gasteiger partial charge in [0.25, 0.3) is 0 Å². The molecule has 0 spiro atoms. The summed E-state index contributed by atoms with van der Waals surface area (Å²) in [6.45, 7) is 2.99. The molecule has 1 aromatic rings. The predicted molar refractivity (Wildman–Crippen MR) is 80.9 cm³/mol. The minimum absolute atomic E-state index is 0.111. The summed E-state index contributed by atoms with van der Waals surface area (Å²) in [5.74, 6) is 0.934. The van der Waals surface area contributed by atoms with Crippen molar-refractivity contribution in [1.29, 1.82) is 0 Å². The number of aliphatic hydroxyl groups excluding tert-OH is 1. The first kappa shape index (κ1) is 16.3. The SMILES string of the molecule is COc1ccc(S(=O)(=O)N2CCCC(CCO)C2)cc1C. The van der Waals surface area contributed by atoms with Crippen LogP contribution in [0.1, 0.15) is 24.8 Å². The maximum Gasteiger partial charge on any atom is 0.243 e. The van der Waals surface area contributed by atoms with E-state index in [1.807, 2.05) is 6.92 Å². The number of aryl methyl sites for hydroxylation is 1.